The Morgan fingerprint density at radius 1 is 1.16 bits per heavy atom. The van der Waals surface area contributed by atoms with Crippen LogP contribution in [-0.2, 0) is 11.3 Å². The van der Waals surface area contributed by atoms with E-state index in [-0.39, 0.29) is 0 Å². The van der Waals surface area contributed by atoms with E-state index >= 15 is 0 Å². The van der Waals surface area contributed by atoms with Gasteiger partial charge in [-0.1, -0.05) is 36.3 Å². The molecule has 0 radical (unpaired) electrons. The molecule has 1 rings (SSSR count). The molecule has 0 spiro atoms. The Balaban J connectivity index is 0.000000555. The summed E-state index contributed by atoms with van der Waals surface area (Å²) in [7, 11) is 2.13. The molecule has 100 valence electrons. The molecule has 0 N–H and O–H groups in total. The van der Waals surface area contributed by atoms with Gasteiger partial charge in [-0.25, -0.2) is 0 Å². The van der Waals surface area contributed by atoms with Gasteiger partial charge in [-0.05, 0) is 32.4 Å². The van der Waals surface area contributed by atoms with E-state index in [1.165, 1.54) is 5.56 Å². The molecule has 2 nitrogen and oxygen atoms in total. The van der Waals surface area contributed by atoms with Gasteiger partial charge in [-0.15, -0.1) is 11.8 Å². The lowest BCUT2D eigenvalue weighted by molar-refractivity contribution is -0.103. The Hall–Kier alpha value is -2.03. The van der Waals surface area contributed by atoms with Gasteiger partial charge in [0.2, 0.25) is 0 Å². The minimum Gasteiger partial charge on any atom is -0.301 e. The second-order valence-electron chi connectivity index (χ2n) is 3.91. The number of aldehydes is 1. The van der Waals surface area contributed by atoms with Gasteiger partial charge < -0.3 is 4.90 Å². The van der Waals surface area contributed by atoms with Crippen LogP contribution in [0.25, 0.3) is 0 Å². The zero-order valence-electron chi connectivity index (χ0n) is 11.9. The van der Waals surface area contributed by atoms with Crippen molar-refractivity contribution in [2.24, 2.45) is 0 Å². The van der Waals surface area contributed by atoms with E-state index in [1.807, 2.05) is 13.0 Å². The van der Waals surface area contributed by atoms with E-state index < -0.39 is 0 Å². The SMILES string of the molecule is CC#CC=O.CC#CCCN(C)Cc1ccccc1. The van der Waals surface area contributed by atoms with Crippen molar-refractivity contribution in [2.45, 2.75) is 26.8 Å². The number of carbonyl (C=O) groups excluding carboxylic acids is 1. The lowest BCUT2D eigenvalue weighted by Crippen LogP contribution is -2.18. The van der Waals surface area contributed by atoms with Crippen LogP contribution in [0.15, 0.2) is 30.3 Å². The molecule has 1 aromatic rings. The van der Waals surface area contributed by atoms with E-state index in [0.717, 1.165) is 19.5 Å². The van der Waals surface area contributed by atoms with E-state index in [9.17, 15) is 4.79 Å². The third-order valence-corrected chi connectivity index (χ3v) is 2.29. The molecule has 0 aromatic heterocycles. The number of rotatable bonds is 4. The second kappa shape index (κ2) is 12.4. The zero-order valence-corrected chi connectivity index (χ0v) is 11.9. The number of carbonyl (C=O) groups is 1. The van der Waals surface area contributed by atoms with Crippen molar-refractivity contribution in [3.05, 3.63) is 35.9 Å². The third kappa shape index (κ3) is 10.8. The van der Waals surface area contributed by atoms with Gasteiger partial charge in [0.25, 0.3) is 0 Å². The van der Waals surface area contributed by atoms with Gasteiger partial charge in [-0.2, -0.15) is 0 Å². The fourth-order valence-corrected chi connectivity index (χ4v) is 1.40. The Morgan fingerprint density at radius 3 is 2.32 bits per heavy atom. The first kappa shape index (κ1) is 17.0. The van der Waals surface area contributed by atoms with Crippen molar-refractivity contribution in [2.75, 3.05) is 13.6 Å². The molecule has 0 unspecified atom stereocenters. The summed E-state index contributed by atoms with van der Waals surface area (Å²) in [5, 5.41) is 0. The number of hydrogen-bond donors (Lipinski definition) is 0. The quantitative estimate of drug-likeness (QED) is 0.609. The highest BCUT2D eigenvalue weighted by Crippen LogP contribution is 2.02. The molecular weight excluding hydrogens is 234 g/mol. The zero-order chi connectivity index (χ0) is 14.3. The molecule has 19 heavy (non-hydrogen) atoms. The van der Waals surface area contributed by atoms with Gasteiger partial charge >= 0.3 is 0 Å². The summed E-state index contributed by atoms with van der Waals surface area (Å²) >= 11 is 0. The molecule has 0 fully saturated rings. The van der Waals surface area contributed by atoms with Crippen LogP contribution in [0.4, 0.5) is 0 Å². The number of benzene rings is 1. The average molecular weight is 255 g/mol. The predicted molar refractivity (Wildman–Crippen MR) is 80.4 cm³/mol. The molecule has 0 heterocycles. The smallest absolute Gasteiger partial charge is 0.192 e. The molecule has 1 aromatic carbocycles. The molecular formula is C17H21NO. The van der Waals surface area contributed by atoms with Gasteiger partial charge in [0.05, 0.1) is 0 Å². The summed E-state index contributed by atoms with van der Waals surface area (Å²) in [5.74, 6) is 10.6. The first-order valence-corrected chi connectivity index (χ1v) is 6.22. The lowest BCUT2D eigenvalue weighted by atomic mass is 10.2. The molecule has 0 aliphatic rings. The van der Waals surface area contributed by atoms with Gasteiger partial charge in [0.1, 0.15) is 0 Å². The standard InChI is InChI=1S/C13H17N.C4H4O/c1-3-4-8-11-14(2)12-13-9-6-5-7-10-13;1-2-3-4-5/h5-7,9-10H,8,11-12H2,1-2H3;4H,1H3. The van der Waals surface area contributed by atoms with Crippen molar-refractivity contribution in [1.29, 1.82) is 0 Å². The second-order valence-corrected chi connectivity index (χ2v) is 3.91. The molecule has 0 atom stereocenters. The molecule has 2 heteroatoms. The fourth-order valence-electron chi connectivity index (χ4n) is 1.40. The van der Waals surface area contributed by atoms with E-state index in [2.05, 4.69) is 59.9 Å². The molecule has 0 bridgehead atoms. The molecule has 0 amide bonds. The van der Waals surface area contributed by atoms with Crippen molar-refractivity contribution in [3.63, 3.8) is 0 Å². The van der Waals surface area contributed by atoms with Crippen LogP contribution >= 0.6 is 0 Å². The van der Waals surface area contributed by atoms with Gasteiger partial charge in [0, 0.05) is 19.5 Å². The summed E-state index contributed by atoms with van der Waals surface area (Å²) in [6, 6.07) is 10.5. The first-order chi connectivity index (χ1) is 9.24. The van der Waals surface area contributed by atoms with Crippen LogP contribution in [0.1, 0.15) is 25.8 Å². The third-order valence-electron chi connectivity index (χ3n) is 2.29. The highest BCUT2D eigenvalue weighted by molar-refractivity contribution is 5.72. The van der Waals surface area contributed by atoms with Crippen molar-refractivity contribution >= 4 is 6.29 Å². The summed E-state index contributed by atoms with van der Waals surface area (Å²) in [6.45, 7) is 5.55. The van der Waals surface area contributed by atoms with Crippen molar-refractivity contribution < 1.29 is 4.79 Å². The minimum absolute atomic E-state index is 0.569. The Morgan fingerprint density at radius 2 is 1.84 bits per heavy atom. The van der Waals surface area contributed by atoms with Crippen LogP contribution < -0.4 is 0 Å². The van der Waals surface area contributed by atoms with Gasteiger partial charge in [-0.3, -0.25) is 4.79 Å². The van der Waals surface area contributed by atoms with Crippen molar-refractivity contribution in [1.82, 2.24) is 4.90 Å². The summed E-state index contributed by atoms with van der Waals surface area (Å²) in [5.41, 5.74) is 1.36. The van der Waals surface area contributed by atoms with Crippen LogP contribution in [0.2, 0.25) is 0 Å². The predicted octanol–water partition coefficient (Wildman–Crippen LogP) is 2.74. The Kier molecular flexibility index (Phi) is 11.1. The number of hydrogen-bond acceptors (Lipinski definition) is 2. The van der Waals surface area contributed by atoms with Crippen LogP contribution in [0.3, 0.4) is 0 Å². The average Bonchev–Trinajstić information content (AvgIpc) is 2.42. The highest BCUT2D eigenvalue weighted by Gasteiger charge is 1.97. The van der Waals surface area contributed by atoms with Gasteiger partial charge in [0.15, 0.2) is 6.29 Å². The van der Waals surface area contributed by atoms with E-state index in [1.54, 1.807) is 6.92 Å². The molecule has 0 aliphatic heterocycles. The summed E-state index contributed by atoms with van der Waals surface area (Å²) in [4.78, 5) is 11.5. The summed E-state index contributed by atoms with van der Waals surface area (Å²) in [6.07, 6.45) is 1.53. The minimum atomic E-state index is 0.569. The normalized spacial score (nSPS) is 8.21. The Bertz CT molecular complexity index is 457. The van der Waals surface area contributed by atoms with Crippen molar-refractivity contribution in [3.8, 4) is 23.7 Å². The first-order valence-electron chi connectivity index (χ1n) is 6.22. The maximum Gasteiger partial charge on any atom is 0.192 e. The maximum absolute atomic E-state index is 9.23. The number of nitrogens with zero attached hydrogens (tertiary/aromatic N) is 1. The van der Waals surface area contributed by atoms with Crippen LogP contribution in [0, 0.1) is 23.7 Å². The monoisotopic (exact) mass is 255 g/mol. The van der Waals surface area contributed by atoms with E-state index in [4.69, 9.17) is 0 Å². The molecule has 0 aliphatic carbocycles. The highest BCUT2D eigenvalue weighted by atomic mass is 16.1. The van der Waals surface area contributed by atoms with E-state index in [0.29, 0.717) is 6.29 Å². The maximum atomic E-state index is 9.23. The fraction of sp³-hybridized carbons (Fsp3) is 0.353. The van der Waals surface area contributed by atoms with Crippen LogP contribution in [-0.4, -0.2) is 24.8 Å². The Labute approximate surface area is 116 Å². The lowest BCUT2D eigenvalue weighted by Gasteiger charge is -2.14. The largest absolute Gasteiger partial charge is 0.301 e. The summed E-state index contributed by atoms with van der Waals surface area (Å²) < 4.78 is 0. The molecule has 0 saturated carbocycles. The molecule has 0 saturated heterocycles. The van der Waals surface area contributed by atoms with Crippen LogP contribution in [0.5, 0.6) is 0 Å². The topological polar surface area (TPSA) is 20.3 Å².